The van der Waals surface area contributed by atoms with Gasteiger partial charge in [0.1, 0.15) is 17.3 Å². The molecule has 0 saturated heterocycles. The summed E-state index contributed by atoms with van der Waals surface area (Å²) in [6.45, 7) is 1.80. The lowest BCUT2D eigenvalue weighted by atomic mass is 10.1. The Bertz CT molecular complexity index is 630. The molecule has 0 radical (unpaired) electrons. The molecule has 0 atom stereocenters. The summed E-state index contributed by atoms with van der Waals surface area (Å²) in [5.74, 6) is -2.22. The van der Waals surface area contributed by atoms with E-state index in [1.165, 1.54) is 6.07 Å². The Labute approximate surface area is 120 Å². The fourth-order valence-electron chi connectivity index (χ4n) is 1.46. The summed E-state index contributed by atoms with van der Waals surface area (Å²) in [6.07, 6.45) is 0. The number of H-pyrrole nitrogens is 1. The molecule has 1 aromatic heterocycles. The van der Waals surface area contributed by atoms with Crippen molar-refractivity contribution in [2.75, 3.05) is 6.61 Å². The van der Waals surface area contributed by atoms with Crippen LogP contribution in [0.1, 0.15) is 17.4 Å². The average Bonchev–Trinajstić information content (AvgIpc) is 2.83. The smallest absolute Gasteiger partial charge is 0.361 e. The number of carbonyl (C=O) groups excluding carboxylic acids is 1. The fraction of sp³-hybridized carbons (Fsp3) is 0.182. The normalized spacial score (nSPS) is 10.5. The van der Waals surface area contributed by atoms with Crippen molar-refractivity contribution in [3.05, 3.63) is 33.0 Å². The number of hydrogen-bond acceptors (Lipinski definition) is 4. The molecule has 0 spiro atoms. The number of ether oxygens (including phenoxy) is 1. The maximum Gasteiger partial charge on any atom is 0.361 e. The quantitative estimate of drug-likeness (QED) is 0.506. The molecule has 100 valence electrons. The van der Waals surface area contributed by atoms with E-state index in [0.717, 1.165) is 6.07 Å². The summed E-state index contributed by atoms with van der Waals surface area (Å²) in [4.78, 5) is 11.6. The zero-order valence-corrected chi connectivity index (χ0v) is 11.9. The van der Waals surface area contributed by atoms with Crippen LogP contribution in [0.25, 0.3) is 11.3 Å². The van der Waals surface area contributed by atoms with Gasteiger partial charge in [0.05, 0.1) is 6.61 Å². The van der Waals surface area contributed by atoms with Gasteiger partial charge in [-0.25, -0.2) is 13.6 Å². The van der Waals surface area contributed by atoms with Gasteiger partial charge in [-0.05, 0) is 35.6 Å². The molecule has 0 saturated carbocycles. The molecule has 0 fully saturated rings. The molecule has 1 N–H and O–H groups in total. The van der Waals surface area contributed by atoms with Gasteiger partial charge < -0.3 is 4.74 Å². The van der Waals surface area contributed by atoms with Crippen LogP contribution in [-0.4, -0.2) is 28.0 Å². The molecule has 0 amide bonds. The van der Waals surface area contributed by atoms with Gasteiger partial charge in [0, 0.05) is 15.2 Å². The monoisotopic (exact) mass is 379 g/mol. The summed E-state index contributed by atoms with van der Waals surface area (Å²) in [5, 5.41) is 9.58. The second kappa shape index (κ2) is 5.59. The third-order valence-electron chi connectivity index (χ3n) is 2.28. The molecule has 0 aliphatic heterocycles. The van der Waals surface area contributed by atoms with E-state index in [-0.39, 0.29) is 27.1 Å². The van der Waals surface area contributed by atoms with Gasteiger partial charge in [0.2, 0.25) is 0 Å². The number of hydrogen-bond donors (Lipinski definition) is 1. The van der Waals surface area contributed by atoms with Crippen LogP contribution < -0.4 is 0 Å². The van der Waals surface area contributed by atoms with E-state index in [1.807, 2.05) is 0 Å². The number of benzene rings is 1. The molecule has 2 aromatic rings. The van der Waals surface area contributed by atoms with Crippen molar-refractivity contribution >= 4 is 28.6 Å². The van der Waals surface area contributed by atoms with Crippen LogP contribution in [0.4, 0.5) is 8.78 Å². The number of aromatic amines is 1. The van der Waals surface area contributed by atoms with Crippen molar-refractivity contribution in [3.63, 3.8) is 0 Å². The number of esters is 1. The predicted octanol–water partition coefficient (Wildman–Crippen LogP) is 2.53. The first kappa shape index (κ1) is 13.8. The van der Waals surface area contributed by atoms with Crippen molar-refractivity contribution < 1.29 is 18.3 Å². The van der Waals surface area contributed by atoms with E-state index in [4.69, 9.17) is 4.74 Å². The van der Waals surface area contributed by atoms with E-state index < -0.39 is 17.6 Å². The number of nitrogens with one attached hydrogen (secondary N) is 1. The Balaban J connectivity index is 2.51. The first-order valence-corrected chi connectivity index (χ1v) is 6.35. The van der Waals surface area contributed by atoms with E-state index in [2.05, 4.69) is 15.4 Å². The molecule has 19 heavy (non-hydrogen) atoms. The average molecular weight is 379 g/mol. The van der Waals surface area contributed by atoms with E-state index in [1.54, 1.807) is 29.5 Å². The topological polar surface area (TPSA) is 67.9 Å². The van der Waals surface area contributed by atoms with Crippen LogP contribution in [0, 0.1) is 15.2 Å². The summed E-state index contributed by atoms with van der Waals surface area (Å²) >= 11 is 1.72. The summed E-state index contributed by atoms with van der Waals surface area (Å²) in [5.41, 5.74) is -0.153. The molecule has 0 unspecified atom stereocenters. The molecule has 0 aliphatic rings. The maximum absolute atomic E-state index is 13.7. The van der Waals surface area contributed by atoms with Gasteiger partial charge in [0.25, 0.3) is 0 Å². The maximum atomic E-state index is 13.7. The lowest BCUT2D eigenvalue weighted by molar-refractivity contribution is 0.0520. The summed E-state index contributed by atoms with van der Waals surface area (Å²) in [7, 11) is 0. The SMILES string of the molecule is CCOC(=O)c1n[nH]nc1-c1cc(I)c(F)cc1F. The Morgan fingerprint density at radius 2 is 2.11 bits per heavy atom. The van der Waals surface area contributed by atoms with E-state index in [9.17, 15) is 13.6 Å². The van der Waals surface area contributed by atoms with Crippen molar-refractivity contribution in [2.45, 2.75) is 6.92 Å². The van der Waals surface area contributed by atoms with Crippen molar-refractivity contribution in [2.24, 2.45) is 0 Å². The van der Waals surface area contributed by atoms with Crippen molar-refractivity contribution in [3.8, 4) is 11.3 Å². The van der Waals surface area contributed by atoms with Crippen LogP contribution in [0.2, 0.25) is 0 Å². The Hall–Kier alpha value is -1.58. The van der Waals surface area contributed by atoms with Gasteiger partial charge in [-0.2, -0.15) is 10.3 Å². The molecule has 2 rings (SSSR count). The number of rotatable bonds is 3. The Kier molecular flexibility index (Phi) is 4.08. The molecule has 0 bridgehead atoms. The lowest BCUT2D eigenvalue weighted by Gasteiger charge is -2.04. The fourth-order valence-corrected chi connectivity index (χ4v) is 1.93. The van der Waals surface area contributed by atoms with Gasteiger partial charge in [-0.3, -0.25) is 0 Å². The Morgan fingerprint density at radius 3 is 2.79 bits per heavy atom. The highest BCUT2D eigenvalue weighted by Crippen LogP contribution is 2.27. The van der Waals surface area contributed by atoms with Crippen molar-refractivity contribution in [1.29, 1.82) is 0 Å². The van der Waals surface area contributed by atoms with E-state index >= 15 is 0 Å². The summed E-state index contributed by atoms with van der Waals surface area (Å²) in [6, 6.07) is 1.99. The highest BCUT2D eigenvalue weighted by molar-refractivity contribution is 14.1. The molecule has 0 aliphatic carbocycles. The van der Waals surface area contributed by atoms with E-state index in [0.29, 0.717) is 0 Å². The second-order valence-corrected chi connectivity index (χ2v) is 4.65. The van der Waals surface area contributed by atoms with Crippen LogP contribution in [-0.2, 0) is 4.74 Å². The largest absolute Gasteiger partial charge is 0.461 e. The highest BCUT2D eigenvalue weighted by Gasteiger charge is 2.22. The lowest BCUT2D eigenvalue weighted by Crippen LogP contribution is -2.07. The number of halogens is 3. The summed E-state index contributed by atoms with van der Waals surface area (Å²) < 4.78 is 31.9. The minimum absolute atomic E-state index is 0.00568. The minimum Gasteiger partial charge on any atom is -0.461 e. The Morgan fingerprint density at radius 1 is 1.37 bits per heavy atom. The third-order valence-corrected chi connectivity index (χ3v) is 3.11. The number of nitrogens with zero attached hydrogens (tertiary/aromatic N) is 2. The second-order valence-electron chi connectivity index (χ2n) is 3.49. The molecular weight excluding hydrogens is 371 g/mol. The highest BCUT2D eigenvalue weighted by atomic mass is 127. The third kappa shape index (κ3) is 2.72. The zero-order chi connectivity index (χ0) is 14.0. The molecule has 1 heterocycles. The van der Waals surface area contributed by atoms with Crippen molar-refractivity contribution in [1.82, 2.24) is 15.4 Å². The van der Waals surface area contributed by atoms with Crippen LogP contribution >= 0.6 is 22.6 Å². The minimum atomic E-state index is -0.822. The molecule has 1 aromatic carbocycles. The molecule has 5 nitrogen and oxygen atoms in total. The van der Waals surface area contributed by atoms with Crippen LogP contribution in [0.3, 0.4) is 0 Å². The van der Waals surface area contributed by atoms with Gasteiger partial charge >= 0.3 is 5.97 Å². The molecular formula is C11H8F2IN3O2. The predicted molar refractivity (Wildman–Crippen MR) is 70.4 cm³/mol. The van der Waals surface area contributed by atoms with Crippen LogP contribution in [0.15, 0.2) is 12.1 Å². The first-order chi connectivity index (χ1) is 9.04. The standard InChI is InChI=1S/C11H8F2IN3O2/c1-2-19-11(18)10-9(15-17-16-10)5-3-8(14)7(13)4-6(5)12/h3-4H,2H2,1H3,(H,15,16,17). The first-order valence-electron chi connectivity index (χ1n) is 5.27. The zero-order valence-electron chi connectivity index (χ0n) is 9.71. The number of carbonyl (C=O) groups is 1. The van der Waals surface area contributed by atoms with Gasteiger partial charge in [-0.15, -0.1) is 5.10 Å². The number of aromatic nitrogens is 3. The molecule has 8 heteroatoms. The van der Waals surface area contributed by atoms with Gasteiger partial charge in [-0.1, -0.05) is 0 Å². The van der Waals surface area contributed by atoms with Crippen LogP contribution in [0.5, 0.6) is 0 Å². The van der Waals surface area contributed by atoms with Gasteiger partial charge in [0.15, 0.2) is 5.69 Å².